The molecule has 0 aliphatic heterocycles. The minimum absolute atomic E-state index is 0.129. The number of thioether (sulfide) groups is 1. The Morgan fingerprint density at radius 1 is 1.32 bits per heavy atom. The molecule has 1 aromatic carbocycles. The quantitative estimate of drug-likeness (QED) is 0.780. The van der Waals surface area contributed by atoms with Crippen molar-refractivity contribution in [3.63, 3.8) is 0 Å². The van der Waals surface area contributed by atoms with E-state index in [9.17, 15) is 4.79 Å². The van der Waals surface area contributed by atoms with E-state index in [-0.39, 0.29) is 17.1 Å². The van der Waals surface area contributed by atoms with Gasteiger partial charge in [0.2, 0.25) is 11.8 Å². The number of benzene rings is 1. The van der Waals surface area contributed by atoms with Gasteiger partial charge in [0, 0.05) is 21.4 Å². The van der Waals surface area contributed by atoms with E-state index in [1.54, 1.807) is 24.3 Å². The highest BCUT2D eigenvalue weighted by molar-refractivity contribution is 8.00. The van der Waals surface area contributed by atoms with E-state index < -0.39 is 0 Å². The molecule has 0 fully saturated rings. The second-order valence-electron chi connectivity index (χ2n) is 5.74. The third-order valence-corrected chi connectivity index (χ3v) is 4.53. The van der Waals surface area contributed by atoms with E-state index >= 15 is 0 Å². The van der Waals surface area contributed by atoms with Crippen molar-refractivity contribution in [3.05, 3.63) is 40.0 Å². The topological polar surface area (TPSA) is 55.1 Å². The lowest BCUT2D eigenvalue weighted by Crippen LogP contribution is -2.14. The number of carbonyl (C=O) groups excluding carboxylic acids is 1. The van der Waals surface area contributed by atoms with Gasteiger partial charge in [0.15, 0.2) is 0 Å². The average molecular weight is 359 g/mol. The third kappa shape index (κ3) is 4.66. The summed E-state index contributed by atoms with van der Waals surface area (Å²) in [7, 11) is 0. The van der Waals surface area contributed by atoms with Crippen molar-refractivity contribution in [2.45, 2.75) is 31.1 Å². The van der Waals surface area contributed by atoms with Crippen molar-refractivity contribution < 1.29 is 9.32 Å². The van der Waals surface area contributed by atoms with Gasteiger partial charge in [0.05, 0.1) is 16.5 Å². The zero-order valence-corrected chi connectivity index (χ0v) is 14.8. The Balaban J connectivity index is 1.93. The highest BCUT2D eigenvalue weighted by Crippen LogP contribution is 2.30. The molecule has 0 aliphatic carbocycles. The summed E-state index contributed by atoms with van der Waals surface area (Å²) in [6, 6.07) is 6.87. The van der Waals surface area contributed by atoms with Crippen LogP contribution in [0.15, 0.2) is 33.7 Å². The minimum atomic E-state index is -0.197. The fourth-order valence-corrected chi connectivity index (χ4v) is 2.89. The molecule has 118 valence electrons. The first kappa shape index (κ1) is 17.2. The predicted octanol–water partition coefficient (Wildman–Crippen LogP) is 5.01. The summed E-state index contributed by atoms with van der Waals surface area (Å²) in [6.45, 7) is 6.06. The first-order chi connectivity index (χ1) is 10.3. The molecule has 1 heterocycles. The summed E-state index contributed by atoms with van der Waals surface area (Å²) in [4.78, 5) is 12.7. The van der Waals surface area contributed by atoms with Gasteiger partial charge in [-0.2, -0.15) is 0 Å². The third-order valence-electron chi connectivity index (χ3n) is 2.79. The molecule has 0 radical (unpaired) electrons. The second kappa shape index (κ2) is 6.94. The van der Waals surface area contributed by atoms with Crippen LogP contribution in [0.4, 0.5) is 5.88 Å². The normalized spacial score (nSPS) is 11.5. The zero-order chi connectivity index (χ0) is 16.3. The summed E-state index contributed by atoms with van der Waals surface area (Å²) >= 11 is 13.3. The Morgan fingerprint density at radius 2 is 2.05 bits per heavy atom. The maximum Gasteiger partial charge on any atom is 0.237 e. The summed E-state index contributed by atoms with van der Waals surface area (Å²) < 4.78 is 5.12. The largest absolute Gasteiger partial charge is 0.338 e. The molecular formula is C15H16Cl2N2O2S. The molecule has 0 unspecified atom stereocenters. The van der Waals surface area contributed by atoms with Crippen molar-refractivity contribution in [2.75, 3.05) is 11.1 Å². The van der Waals surface area contributed by atoms with Gasteiger partial charge in [-0.1, -0.05) is 49.1 Å². The monoisotopic (exact) mass is 358 g/mol. The lowest BCUT2D eigenvalue weighted by Gasteiger charge is -2.12. The molecule has 0 aliphatic rings. The Bertz CT molecular complexity index is 680. The van der Waals surface area contributed by atoms with E-state index in [1.165, 1.54) is 11.8 Å². The molecule has 7 heteroatoms. The van der Waals surface area contributed by atoms with Crippen LogP contribution in [0, 0.1) is 0 Å². The molecule has 0 saturated carbocycles. The Hall–Kier alpha value is -1.17. The van der Waals surface area contributed by atoms with Crippen LogP contribution in [0.25, 0.3) is 0 Å². The number of nitrogens with zero attached hydrogens (tertiary/aromatic N) is 1. The van der Waals surface area contributed by atoms with Gasteiger partial charge < -0.3 is 4.52 Å². The van der Waals surface area contributed by atoms with Crippen LogP contribution < -0.4 is 5.32 Å². The SMILES string of the molecule is CC(C)(C)c1cc(NC(=O)CSc2cc(Cl)ccc2Cl)on1. The highest BCUT2D eigenvalue weighted by atomic mass is 35.5. The fourth-order valence-electron chi connectivity index (χ4n) is 1.59. The Labute approximate surface area is 143 Å². The van der Waals surface area contributed by atoms with Crippen molar-refractivity contribution in [3.8, 4) is 0 Å². The van der Waals surface area contributed by atoms with E-state index in [0.717, 1.165) is 10.6 Å². The van der Waals surface area contributed by atoms with Crippen LogP contribution in [0.1, 0.15) is 26.5 Å². The van der Waals surface area contributed by atoms with Crippen LogP contribution in [-0.2, 0) is 10.2 Å². The maximum atomic E-state index is 11.9. The number of rotatable bonds is 4. The number of halogens is 2. The van der Waals surface area contributed by atoms with Gasteiger partial charge in [-0.3, -0.25) is 10.1 Å². The number of aromatic nitrogens is 1. The number of hydrogen-bond donors (Lipinski definition) is 1. The molecule has 4 nitrogen and oxygen atoms in total. The lowest BCUT2D eigenvalue weighted by atomic mass is 9.92. The number of hydrogen-bond acceptors (Lipinski definition) is 4. The maximum absolute atomic E-state index is 11.9. The Kier molecular flexibility index (Phi) is 5.42. The first-order valence-electron chi connectivity index (χ1n) is 6.60. The van der Waals surface area contributed by atoms with Crippen LogP contribution in [0.5, 0.6) is 0 Å². The number of carbonyl (C=O) groups is 1. The van der Waals surface area contributed by atoms with Crippen molar-refractivity contribution in [2.24, 2.45) is 0 Å². The van der Waals surface area contributed by atoms with E-state index in [2.05, 4.69) is 10.5 Å². The first-order valence-corrected chi connectivity index (χ1v) is 8.35. The van der Waals surface area contributed by atoms with Crippen molar-refractivity contribution in [1.29, 1.82) is 0 Å². The van der Waals surface area contributed by atoms with Crippen LogP contribution >= 0.6 is 35.0 Å². The van der Waals surface area contributed by atoms with Gasteiger partial charge in [-0.15, -0.1) is 11.8 Å². The van der Waals surface area contributed by atoms with Crippen LogP contribution in [0.2, 0.25) is 10.0 Å². The van der Waals surface area contributed by atoms with E-state index in [4.69, 9.17) is 27.7 Å². The van der Waals surface area contributed by atoms with Crippen LogP contribution in [-0.4, -0.2) is 16.8 Å². The van der Waals surface area contributed by atoms with Gasteiger partial charge in [-0.05, 0) is 18.2 Å². The number of nitrogens with one attached hydrogen (secondary N) is 1. The summed E-state index contributed by atoms with van der Waals surface area (Å²) in [5.74, 6) is 0.344. The summed E-state index contributed by atoms with van der Waals surface area (Å²) in [6.07, 6.45) is 0. The molecule has 1 aromatic heterocycles. The summed E-state index contributed by atoms with van der Waals surface area (Å²) in [5, 5.41) is 7.77. The molecular weight excluding hydrogens is 343 g/mol. The molecule has 2 rings (SSSR count). The van der Waals surface area contributed by atoms with Gasteiger partial charge in [0.1, 0.15) is 0 Å². The fraction of sp³-hybridized carbons (Fsp3) is 0.333. The molecule has 2 aromatic rings. The number of amides is 1. The van der Waals surface area contributed by atoms with Gasteiger partial charge >= 0.3 is 0 Å². The number of anilines is 1. The minimum Gasteiger partial charge on any atom is -0.338 e. The van der Waals surface area contributed by atoms with Gasteiger partial charge in [-0.25, -0.2) is 0 Å². The van der Waals surface area contributed by atoms with E-state index in [1.807, 2.05) is 20.8 Å². The van der Waals surface area contributed by atoms with E-state index in [0.29, 0.717) is 15.9 Å². The van der Waals surface area contributed by atoms with Gasteiger partial charge in [0.25, 0.3) is 0 Å². The molecule has 0 spiro atoms. The zero-order valence-electron chi connectivity index (χ0n) is 12.4. The smallest absolute Gasteiger partial charge is 0.237 e. The molecule has 0 atom stereocenters. The highest BCUT2D eigenvalue weighted by Gasteiger charge is 2.19. The molecule has 1 amide bonds. The molecule has 22 heavy (non-hydrogen) atoms. The second-order valence-corrected chi connectivity index (χ2v) is 7.60. The standard InChI is InChI=1S/C15H16Cl2N2O2S/c1-15(2,3)12-7-14(21-19-12)18-13(20)8-22-11-6-9(16)4-5-10(11)17/h4-7H,8H2,1-3H3,(H,18,20). The summed E-state index contributed by atoms with van der Waals surface area (Å²) in [5.41, 5.74) is 0.656. The average Bonchev–Trinajstić information content (AvgIpc) is 2.88. The molecule has 0 bridgehead atoms. The van der Waals surface area contributed by atoms with Crippen LogP contribution in [0.3, 0.4) is 0 Å². The predicted molar refractivity (Wildman–Crippen MR) is 91.0 cm³/mol. The Morgan fingerprint density at radius 3 is 2.68 bits per heavy atom. The molecule has 0 saturated heterocycles. The van der Waals surface area contributed by atoms with Crippen molar-refractivity contribution in [1.82, 2.24) is 5.16 Å². The molecule has 1 N–H and O–H groups in total. The lowest BCUT2D eigenvalue weighted by molar-refractivity contribution is -0.113. The van der Waals surface area contributed by atoms with Crippen molar-refractivity contribution >= 4 is 46.8 Å².